The summed E-state index contributed by atoms with van der Waals surface area (Å²) in [7, 11) is 1.43. The molecule has 3 N–H and O–H groups in total. The van der Waals surface area contributed by atoms with E-state index < -0.39 is 17.8 Å². The van der Waals surface area contributed by atoms with E-state index in [0.29, 0.717) is 31.9 Å². The van der Waals surface area contributed by atoms with Crippen LogP contribution in [0.25, 0.3) is 5.82 Å². The van der Waals surface area contributed by atoms with Gasteiger partial charge in [-0.2, -0.15) is 18.3 Å². The first-order valence-corrected chi connectivity index (χ1v) is 16.0. The maximum atomic E-state index is 13.9. The molecule has 17 heteroatoms. The summed E-state index contributed by atoms with van der Waals surface area (Å²) < 4.78 is 47.7. The number of benzene rings is 1. The average Bonchev–Trinajstić information content (AvgIpc) is 3.76. The van der Waals surface area contributed by atoms with Crippen molar-refractivity contribution in [3.63, 3.8) is 0 Å². The Balaban J connectivity index is 1.07. The molecule has 3 aromatic heterocycles. The zero-order valence-electron chi connectivity index (χ0n) is 26.4. The number of carbonyl (C=O) groups is 3. The van der Waals surface area contributed by atoms with Gasteiger partial charge in [0.05, 0.1) is 17.7 Å². The van der Waals surface area contributed by atoms with Crippen LogP contribution in [0.5, 0.6) is 5.75 Å². The number of nitrogens with zero attached hydrogens (tertiary/aromatic N) is 6. The van der Waals surface area contributed by atoms with Gasteiger partial charge in [0.25, 0.3) is 11.8 Å². The Kier molecular flexibility index (Phi) is 9.87. The number of amides is 3. The number of rotatable bonds is 8. The van der Waals surface area contributed by atoms with E-state index >= 15 is 0 Å². The number of H-pyrrole nitrogens is 1. The van der Waals surface area contributed by atoms with Gasteiger partial charge in [-0.15, -0.1) is 0 Å². The first-order valence-electron chi connectivity index (χ1n) is 15.6. The second-order valence-corrected chi connectivity index (χ2v) is 12.1. The van der Waals surface area contributed by atoms with Crippen LogP contribution in [0.3, 0.4) is 0 Å². The number of carbonyl (C=O) groups excluding carboxylic acids is 3. The number of imidazole rings is 1. The molecule has 6 rings (SSSR count). The Morgan fingerprint density at radius 3 is 2.47 bits per heavy atom. The maximum Gasteiger partial charge on any atom is 0.435 e. The third-order valence-corrected chi connectivity index (χ3v) is 8.81. The fourth-order valence-electron chi connectivity index (χ4n) is 5.90. The Morgan fingerprint density at radius 1 is 1.04 bits per heavy atom. The Morgan fingerprint density at radius 2 is 1.78 bits per heavy atom. The first kappa shape index (κ1) is 33.9. The first-order chi connectivity index (χ1) is 23.5. The van der Waals surface area contributed by atoms with Gasteiger partial charge in [0.1, 0.15) is 5.75 Å². The van der Waals surface area contributed by atoms with Gasteiger partial charge in [0, 0.05) is 80.1 Å². The van der Waals surface area contributed by atoms with Gasteiger partial charge in [-0.05, 0) is 50.2 Å². The number of nitrogens with one attached hydrogen (secondary N) is 3. The second kappa shape index (κ2) is 14.3. The summed E-state index contributed by atoms with van der Waals surface area (Å²) in [5, 5.41) is 9.73. The van der Waals surface area contributed by atoms with Gasteiger partial charge < -0.3 is 30.2 Å². The van der Waals surface area contributed by atoms with E-state index in [0.717, 1.165) is 30.6 Å². The highest BCUT2D eigenvalue weighted by Crippen LogP contribution is 2.32. The summed E-state index contributed by atoms with van der Waals surface area (Å²) in [6.45, 7) is 3.32. The Hall–Kier alpha value is -4.96. The van der Waals surface area contributed by atoms with Crippen molar-refractivity contribution in [2.45, 2.75) is 25.4 Å². The van der Waals surface area contributed by atoms with Crippen LogP contribution < -0.4 is 15.4 Å². The van der Waals surface area contributed by atoms with Crippen molar-refractivity contribution in [2.75, 3.05) is 51.7 Å². The van der Waals surface area contributed by atoms with Gasteiger partial charge in [0.15, 0.2) is 17.3 Å². The summed E-state index contributed by atoms with van der Waals surface area (Å²) in [6.07, 6.45) is 0.515. The number of halogens is 4. The molecule has 0 atom stereocenters. The fourth-order valence-corrected chi connectivity index (χ4v) is 6.16. The third kappa shape index (κ3) is 7.70. The molecule has 49 heavy (non-hydrogen) atoms. The van der Waals surface area contributed by atoms with E-state index in [1.807, 2.05) is 4.90 Å². The lowest BCUT2D eigenvalue weighted by Gasteiger charge is -2.37. The summed E-state index contributed by atoms with van der Waals surface area (Å²) in [5.74, 6) is -0.395. The molecule has 0 aliphatic carbocycles. The molecule has 258 valence electrons. The molecule has 0 bridgehead atoms. The highest BCUT2D eigenvalue weighted by molar-refractivity contribution is 6.34. The summed E-state index contributed by atoms with van der Waals surface area (Å²) >= 11 is 6.46. The molecule has 0 radical (unpaired) electrons. The van der Waals surface area contributed by atoms with Crippen molar-refractivity contribution in [2.24, 2.45) is 5.92 Å². The molecule has 2 fully saturated rings. The van der Waals surface area contributed by atoms with Crippen LogP contribution in [-0.4, -0.2) is 98.6 Å². The van der Waals surface area contributed by atoms with Gasteiger partial charge in [-0.25, -0.2) is 14.6 Å². The van der Waals surface area contributed by atoms with Gasteiger partial charge >= 0.3 is 6.18 Å². The van der Waals surface area contributed by atoms with Crippen LogP contribution in [-0.2, 0) is 17.4 Å². The van der Waals surface area contributed by atoms with E-state index in [4.69, 9.17) is 16.3 Å². The number of aromatic amines is 1. The van der Waals surface area contributed by atoms with Crippen molar-refractivity contribution in [1.82, 2.24) is 39.8 Å². The highest BCUT2D eigenvalue weighted by atomic mass is 35.5. The standard InChI is InChI=1S/C32H33ClF3N9O4/c1-49-23-6-9-38-26(16-23)45-18-20(27(42-45)32(34,35)36)14-22-17-39-28(40-22)29(46)41-21-2-3-24(25(33)15-21)31(48)44-12-10-43(11-13-44)30(47)19-4-7-37-8-5-19/h2-3,6,9,15-19,37H,4-5,7-8,10-14H2,1H3,(H,39,40)(H,41,46). The highest BCUT2D eigenvalue weighted by Gasteiger charge is 2.37. The predicted molar refractivity (Wildman–Crippen MR) is 172 cm³/mol. The molecule has 0 spiro atoms. The number of ether oxygens (including phenoxy) is 1. The number of hydrogen-bond acceptors (Lipinski definition) is 8. The molecule has 1 aromatic carbocycles. The van der Waals surface area contributed by atoms with E-state index in [9.17, 15) is 27.6 Å². The smallest absolute Gasteiger partial charge is 0.435 e. The molecular weight excluding hydrogens is 667 g/mol. The van der Waals surface area contributed by atoms with Crippen LogP contribution in [0.4, 0.5) is 18.9 Å². The van der Waals surface area contributed by atoms with Crippen LogP contribution in [0.2, 0.25) is 5.02 Å². The fraction of sp³-hybridized carbons (Fsp3) is 0.375. The summed E-state index contributed by atoms with van der Waals surface area (Å²) in [5.41, 5.74) is -0.481. The molecule has 2 saturated heterocycles. The molecule has 4 aromatic rings. The number of anilines is 1. The lowest BCUT2D eigenvalue weighted by molar-refractivity contribution is -0.142. The number of methoxy groups -OCH3 is 1. The Bertz CT molecular complexity index is 1850. The van der Waals surface area contributed by atoms with Crippen molar-refractivity contribution in [1.29, 1.82) is 0 Å². The lowest BCUT2D eigenvalue weighted by Crippen LogP contribution is -2.52. The molecule has 5 heterocycles. The van der Waals surface area contributed by atoms with Crippen molar-refractivity contribution in [3.8, 4) is 11.6 Å². The molecular formula is C32H33ClF3N9O4. The number of aromatic nitrogens is 5. The van der Waals surface area contributed by atoms with Crippen molar-refractivity contribution in [3.05, 3.63) is 82.3 Å². The summed E-state index contributed by atoms with van der Waals surface area (Å²) in [4.78, 5) is 53.4. The van der Waals surface area contributed by atoms with E-state index in [1.165, 1.54) is 50.0 Å². The molecule has 2 aliphatic heterocycles. The van der Waals surface area contributed by atoms with Crippen molar-refractivity contribution >= 4 is 35.0 Å². The average molecular weight is 700 g/mol. The van der Waals surface area contributed by atoms with Crippen LogP contribution in [0, 0.1) is 5.92 Å². The van der Waals surface area contributed by atoms with E-state index in [-0.39, 0.29) is 63.3 Å². The zero-order chi connectivity index (χ0) is 34.7. The maximum absolute atomic E-state index is 13.9. The molecule has 2 aliphatic rings. The van der Waals surface area contributed by atoms with Crippen LogP contribution in [0.1, 0.15) is 50.8 Å². The largest absolute Gasteiger partial charge is 0.497 e. The number of hydrogen-bond donors (Lipinski definition) is 3. The topological polar surface area (TPSA) is 150 Å². The third-order valence-electron chi connectivity index (χ3n) is 8.49. The number of piperidine rings is 1. The normalized spacial score (nSPS) is 15.7. The number of alkyl halides is 3. The zero-order valence-corrected chi connectivity index (χ0v) is 27.1. The summed E-state index contributed by atoms with van der Waals surface area (Å²) in [6, 6.07) is 7.47. The second-order valence-electron chi connectivity index (χ2n) is 11.7. The van der Waals surface area contributed by atoms with E-state index in [1.54, 1.807) is 11.0 Å². The monoisotopic (exact) mass is 699 g/mol. The minimum atomic E-state index is -4.74. The van der Waals surface area contributed by atoms with Crippen LogP contribution in [0.15, 0.2) is 48.9 Å². The van der Waals surface area contributed by atoms with Crippen LogP contribution >= 0.6 is 11.6 Å². The molecule has 3 amide bonds. The molecule has 0 saturated carbocycles. The van der Waals surface area contributed by atoms with Gasteiger partial charge in [0.2, 0.25) is 5.91 Å². The minimum Gasteiger partial charge on any atom is -0.497 e. The van der Waals surface area contributed by atoms with Gasteiger partial charge in [-0.3, -0.25) is 14.4 Å². The molecule has 13 nitrogen and oxygen atoms in total. The number of piperazine rings is 1. The molecule has 0 unspecified atom stereocenters. The quantitative estimate of drug-likeness (QED) is 0.252. The lowest BCUT2D eigenvalue weighted by atomic mass is 9.96. The number of pyridine rings is 1. The minimum absolute atomic E-state index is 0.0176. The SMILES string of the molecule is COc1ccnc(-n2cc(Cc3cnc(C(=O)Nc4ccc(C(=O)N5CCN(C(=O)C6CCNCC6)CC5)c(Cl)c4)[nH]3)c(C(F)(F)F)n2)c1. The Labute approximate surface area is 283 Å². The van der Waals surface area contributed by atoms with Gasteiger partial charge in [-0.1, -0.05) is 11.6 Å². The van der Waals surface area contributed by atoms with Crippen molar-refractivity contribution < 1.29 is 32.3 Å². The van der Waals surface area contributed by atoms with E-state index in [2.05, 4.69) is 30.7 Å². The predicted octanol–water partition coefficient (Wildman–Crippen LogP) is 3.80.